The number of benzene rings is 1. The number of likely N-dealkylation sites (tertiary alicyclic amines) is 1. The van der Waals surface area contributed by atoms with Crippen LogP contribution in [0, 0.1) is 5.41 Å². The maximum absolute atomic E-state index is 10.1. The van der Waals surface area contributed by atoms with Gasteiger partial charge in [-0.2, -0.15) is 0 Å². The van der Waals surface area contributed by atoms with Gasteiger partial charge in [-0.1, -0.05) is 13.8 Å². The summed E-state index contributed by atoms with van der Waals surface area (Å²) in [5, 5.41) is 10.1. The smallest absolute Gasteiger partial charge is 0.119 e. The van der Waals surface area contributed by atoms with Gasteiger partial charge in [-0.15, -0.1) is 0 Å². The summed E-state index contributed by atoms with van der Waals surface area (Å²) in [6, 6.07) is 7.27. The van der Waals surface area contributed by atoms with Crippen LogP contribution in [0.3, 0.4) is 0 Å². The van der Waals surface area contributed by atoms with Crippen LogP contribution in [0.1, 0.15) is 33.1 Å². The van der Waals surface area contributed by atoms with Crippen molar-refractivity contribution in [1.82, 2.24) is 4.90 Å². The Morgan fingerprint density at radius 2 is 1.95 bits per heavy atom. The van der Waals surface area contributed by atoms with Crippen molar-refractivity contribution >= 4 is 5.69 Å². The molecule has 0 aromatic heterocycles. The van der Waals surface area contributed by atoms with Gasteiger partial charge >= 0.3 is 0 Å². The molecule has 1 heterocycles. The summed E-state index contributed by atoms with van der Waals surface area (Å²) >= 11 is 0. The van der Waals surface area contributed by atoms with Crippen LogP contribution >= 0.6 is 0 Å². The molecule has 0 spiro atoms. The molecule has 0 saturated carbocycles. The van der Waals surface area contributed by atoms with E-state index < -0.39 is 6.10 Å². The highest BCUT2D eigenvalue weighted by atomic mass is 16.5. The normalized spacial score (nSPS) is 19.6. The fourth-order valence-corrected chi connectivity index (χ4v) is 3.12. The highest BCUT2D eigenvalue weighted by molar-refractivity contribution is 5.41. The molecule has 1 atom stereocenters. The highest BCUT2D eigenvalue weighted by Crippen LogP contribution is 2.36. The Kier molecular flexibility index (Phi) is 5.48. The number of anilines is 1. The fraction of sp³-hybridized carbons (Fsp3) is 0.647. The topological polar surface area (TPSA) is 58.7 Å². The number of aliphatic hydroxyl groups is 1. The molecule has 3 N–H and O–H groups in total. The van der Waals surface area contributed by atoms with E-state index in [9.17, 15) is 5.11 Å². The Hall–Kier alpha value is -1.26. The summed E-state index contributed by atoms with van der Waals surface area (Å²) < 4.78 is 5.61. The third kappa shape index (κ3) is 4.35. The summed E-state index contributed by atoms with van der Waals surface area (Å²) in [5.41, 5.74) is 6.81. The van der Waals surface area contributed by atoms with Crippen molar-refractivity contribution in [2.45, 2.75) is 39.2 Å². The summed E-state index contributed by atoms with van der Waals surface area (Å²) in [6.45, 7) is 7.74. The minimum absolute atomic E-state index is 0.325. The van der Waals surface area contributed by atoms with Gasteiger partial charge in [-0.25, -0.2) is 0 Å². The molecular weight excluding hydrogens is 264 g/mol. The van der Waals surface area contributed by atoms with E-state index in [-0.39, 0.29) is 0 Å². The third-order valence-corrected chi connectivity index (χ3v) is 4.81. The molecule has 0 aliphatic carbocycles. The van der Waals surface area contributed by atoms with Crippen LogP contribution in [0.4, 0.5) is 5.69 Å². The molecule has 0 amide bonds. The van der Waals surface area contributed by atoms with Crippen LogP contribution in [0.5, 0.6) is 5.75 Å². The first-order chi connectivity index (χ1) is 10.1. The lowest BCUT2D eigenvalue weighted by molar-refractivity contribution is 0.0713. The molecule has 2 rings (SSSR count). The van der Waals surface area contributed by atoms with Crippen molar-refractivity contribution in [3.8, 4) is 5.75 Å². The van der Waals surface area contributed by atoms with E-state index in [4.69, 9.17) is 10.5 Å². The Bertz CT molecular complexity index is 429. The van der Waals surface area contributed by atoms with E-state index in [0.29, 0.717) is 18.6 Å². The highest BCUT2D eigenvalue weighted by Gasteiger charge is 2.35. The molecule has 1 aromatic rings. The van der Waals surface area contributed by atoms with Crippen LogP contribution < -0.4 is 10.5 Å². The number of rotatable bonds is 7. The quantitative estimate of drug-likeness (QED) is 0.758. The minimum atomic E-state index is -0.452. The van der Waals surface area contributed by atoms with E-state index in [0.717, 1.165) is 24.5 Å². The Morgan fingerprint density at radius 3 is 2.52 bits per heavy atom. The second-order valence-corrected chi connectivity index (χ2v) is 6.23. The minimum Gasteiger partial charge on any atom is -0.491 e. The van der Waals surface area contributed by atoms with Gasteiger partial charge in [0.15, 0.2) is 0 Å². The first-order valence-corrected chi connectivity index (χ1v) is 7.95. The molecule has 1 saturated heterocycles. The van der Waals surface area contributed by atoms with Crippen LogP contribution in [0.25, 0.3) is 0 Å². The lowest BCUT2D eigenvalue weighted by Gasteiger charge is -2.27. The summed E-state index contributed by atoms with van der Waals surface area (Å²) in [7, 11) is 0. The molecule has 1 aliphatic heterocycles. The number of nitrogen functional groups attached to an aromatic ring is 1. The average Bonchev–Trinajstić information content (AvgIpc) is 2.90. The summed E-state index contributed by atoms with van der Waals surface area (Å²) in [6.07, 6.45) is 3.23. The van der Waals surface area contributed by atoms with Crippen molar-refractivity contribution in [1.29, 1.82) is 0 Å². The number of hydrogen-bond donors (Lipinski definition) is 2. The van der Waals surface area contributed by atoms with Crippen molar-refractivity contribution in [2.75, 3.05) is 32.0 Å². The van der Waals surface area contributed by atoms with Crippen LogP contribution in [0.15, 0.2) is 24.3 Å². The van der Waals surface area contributed by atoms with Gasteiger partial charge in [0.25, 0.3) is 0 Å². The zero-order chi connectivity index (χ0) is 15.3. The zero-order valence-corrected chi connectivity index (χ0v) is 13.2. The maximum atomic E-state index is 10.1. The van der Waals surface area contributed by atoms with E-state index in [1.807, 2.05) is 12.1 Å². The summed E-state index contributed by atoms with van der Waals surface area (Å²) in [5.74, 6) is 0.751. The second kappa shape index (κ2) is 7.14. The predicted octanol–water partition coefficient (Wildman–Crippen LogP) is 2.52. The van der Waals surface area contributed by atoms with Crippen LogP contribution in [-0.4, -0.2) is 42.4 Å². The van der Waals surface area contributed by atoms with E-state index in [1.54, 1.807) is 12.1 Å². The lowest BCUT2D eigenvalue weighted by Crippen LogP contribution is -2.35. The number of aliphatic hydroxyl groups excluding tert-OH is 1. The zero-order valence-electron chi connectivity index (χ0n) is 13.2. The van der Waals surface area contributed by atoms with E-state index >= 15 is 0 Å². The molecular formula is C17H28N2O2. The van der Waals surface area contributed by atoms with Gasteiger partial charge in [0.05, 0.1) is 0 Å². The van der Waals surface area contributed by atoms with Gasteiger partial charge in [-0.3, -0.25) is 0 Å². The van der Waals surface area contributed by atoms with Gasteiger partial charge in [0.2, 0.25) is 0 Å². The second-order valence-electron chi connectivity index (χ2n) is 6.23. The van der Waals surface area contributed by atoms with Crippen molar-refractivity contribution in [2.24, 2.45) is 5.41 Å². The molecule has 4 nitrogen and oxygen atoms in total. The first kappa shape index (κ1) is 16.1. The lowest BCUT2D eigenvalue weighted by atomic mass is 9.82. The molecule has 1 aromatic carbocycles. The fourth-order valence-electron chi connectivity index (χ4n) is 3.12. The Labute approximate surface area is 127 Å². The molecule has 1 unspecified atom stereocenters. The molecule has 4 heteroatoms. The SMILES string of the molecule is CCC1(CC)CCN(CC(O)COc2ccc(N)cc2)C1. The number of β-amino-alcohol motifs (C(OH)–C–C–N with tert-alkyl or cyclic N) is 1. The van der Waals surface area contributed by atoms with E-state index in [2.05, 4.69) is 18.7 Å². The summed E-state index contributed by atoms with van der Waals surface area (Å²) in [4.78, 5) is 2.37. The van der Waals surface area contributed by atoms with E-state index in [1.165, 1.54) is 19.3 Å². The van der Waals surface area contributed by atoms with Gasteiger partial charge < -0.3 is 20.5 Å². The first-order valence-electron chi connectivity index (χ1n) is 7.95. The average molecular weight is 292 g/mol. The Morgan fingerprint density at radius 1 is 1.29 bits per heavy atom. The number of nitrogens with zero attached hydrogens (tertiary/aromatic N) is 1. The number of hydrogen-bond acceptors (Lipinski definition) is 4. The third-order valence-electron chi connectivity index (χ3n) is 4.81. The standard InChI is InChI=1S/C17H28N2O2/c1-3-17(4-2)9-10-19(13-17)11-15(20)12-21-16-7-5-14(18)6-8-16/h5-8,15,20H,3-4,9-13,18H2,1-2H3. The predicted molar refractivity (Wildman–Crippen MR) is 86.4 cm³/mol. The molecule has 1 fully saturated rings. The monoisotopic (exact) mass is 292 g/mol. The molecule has 21 heavy (non-hydrogen) atoms. The van der Waals surface area contributed by atoms with Gasteiger partial charge in [0, 0.05) is 18.8 Å². The molecule has 0 bridgehead atoms. The molecule has 0 radical (unpaired) electrons. The van der Waals surface area contributed by atoms with Crippen molar-refractivity contribution in [3.63, 3.8) is 0 Å². The largest absolute Gasteiger partial charge is 0.491 e. The Balaban J connectivity index is 1.75. The van der Waals surface area contributed by atoms with Gasteiger partial charge in [-0.05, 0) is 55.5 Å². The van der Waals surface area contributed by atoms with Gasteiger partial charge in [0.1, 0.15) is 18.5 Å². The number of ether oxygens (including phenoxy) is 1. The number of nitrogens with two attached hydrogens (primary N) is 1. The maximum Gasteiger partial charge on any atom is 0.119 e. The van der Waals surface area contributed by atoms with Crippen molar-refractivity contribution in [3.05, 3.63) is 24.3 Å². The van der Waals surface area contributed by atoms with Crippen molar-refractivity contribution < 1.29 is 9.84 Å². The van der Waals surface area contributed by atoms with Crippen LogP contribution in [-0.2, 0) is 0 Å². The van der Waals surface area contributed by atoms with Crippen LogP contribution in [0.2, 0.25) is 0 Å². The molecule has 1 aliphatic rings. The molecule has 118 valence electrons.